The van der Waals surface area contributed by atoms with Crippen LogP contribution in [-0.2, 0) is 13.6 Å². The molecular formula is C31H64O3S2Si2. The fourth-order valence-electron chi connectivity index (χ4n) is 5.79. The first-order valence-corrected chi connectivity index (χ1v) is 22.4. The number of rotatable bonds is 16. The molecule has 0 aromatic carbocycles. The molecule has 38 heavy (non-hydrogen) atoms. The van der Waals surface area contributed by atoms with Crippen molar-refractivity contribution in [3.8, 4) is 0 Å². The molecule has 0 aromatic heterocycles. The molecule has 0 saturated carbocycles. The van der Waals surface area contributed by atoms with Gasteiger partial charge in [0.05, 0.1) is 16.8 Å². The van der Waals surface area contributed by atoms with Gasteiger partial charge in [0.1, 0.15) is 0 Å². The summed E-state index contributed by atoms with van der Waals surface area (Å²) in [5.74, 6) is 2.97. The Morgan fingerprint density at radius 1 is 0.974 bits per heavy atom. The van der Waals surface area contributed by atoms with Gasteiger partial charge in [0.2, 0.25) is 0 Å². The van der Waals surface area contributed by atoms with E-state index in [1.807, 2.05) is 7.11 Å². The van der Waals surface area contributed by atoms with Crippen LogP contribution in [-0.4, -0.2) is 58.6 Å². The monoisotopic (exact) mass is 604 g/mol. The zero-order valence-corrected chi connectivity index (χ0v) is 31.2. The summed E-state index contributed by atoms with van der Waals surface area (Å²) in [6.07, 6.45) is 7.26. The van der Waals surface area contributed by atoms with Crippen molar-refractivity contribution >= 4 is 40.2 Å². The smallest absolute Gasteiger partial charge is 0.200 e. The number of thioether (sulfide) groups is 2. The van der Waals surface area contributed by atoms with Gasteiger partial charge >= 0.3 is 0 Å². The van der Waals surface area contributed by atoms with E-state index in [2.05, 4.69) is 119 Å². The van der Waals surface area contributed by atoms with E-state index in [4.69, 9.17) is 13.6 Å². The molecule has 0 amide bonds. The second-order valence-electron chi connectivity index (χ2n) is 13.9. The highest BCUT2D eigenvalue weighted by molar-refractivity contribution is 8.17. The molecule has 226 valence electrons. The Balaban J connectivity index is 3.19. The van der Waals surface area contributed by atoms with Gasteiger partial charge < -0.3 is 13.6 Å². The van der Waals surface area contributed by atoms with Gasteiger partial charge in [0, 0.05) is 20.1 Å². The van der Waals surface area contributed by atoms with Gasteiger partial charge in [-0.3, -0.25) is 0 Å². The Bertz CT molecular complexity index is 676. The van der Waals surface area contributed by atoms with Crippen LogP contribution in [0.15, 0.2) is 11.6 Å². The van der Waals surface area contributed by atoms with Crippen molar-refractivity contribution in [3.63, 3.8) is 0 Å². The molecule has 0 spiro atoms. The lowest BCUT2D eigenvalue weighted by atomic mass is 9.98. The number of methoxy groups -OCH3 is 1. The Morgan fingerprint density at radius 3 is 1.92 bits per heavy atom. The fraction of sp³-hybridized carbons (Fsp3) is 0.935. The van der Waals surface area contributed by atoms with Crippen LogP contribution >= 0.6 is 23.5 Å². The molecule has 3 atom stereocenters. The van der Waals surface area contributed by atoms with Gasteiger partial charge in [-0.25, -0.2) is 0 Å². The summed E-state index contributed by atoms with van der Waals surface area (Å²) in [5.41, 5.74) is 3.19. The second-order valence-corrected chi connectivity index (χ2v) is 27.1. The normalized spacial score (nSPS) is 19.4. The van der Waals surface area contributed by atoms with Crippen LogP contribution in [0.3, 0.4) is 0 Å². The maximum absolute atomic E-state index is 7.14. The maximum Gasteiger partial charge on any atom is 0.200 e. The van der Waals surface area contributed by atoms with E-state index < -0.39 is 16.6 Å². The molecule has 1 fully saturated rings. The topological polar surface area (TPSA) is 27.7 Å². The summed E-state index contributed by atoms with van der Waals surface area (Å²) in [7, 11) is -1.94. The van der Waals surface area contributed by atoms with Crippen molar-refractivity contribution in [3.05, 3.63) is 11.6 Å². The third-order valence-corrected chi connectivity index (χ3v) is 22.8. The molecule has 1 aliphatic rings. The first-order chi connectivity index (χ1) is 17.5. The lowest BCUT2D eigenvalue weighted by Crippen LogP contribution is -2.48. The molecule has 1 saturated heterocycles. The Morgan fingerprint density at radius 2 is 1.50 bits per heavy atom. The van der Waals surface area contributed by atoms with Crippen molar-refractivity contribution in [2.75, 3.05) is 25.2 Å². The van der Waals surface area contributed by atoms with Crippen LogP contribution in [0, 0.1) is 5.92 Å². The van der Waals surface area contributed by atoms with Gasteiger partial charge in [-0.05, 0) is 83.9 Å². The summed E-state index contributed by atoms with van der Waals surface area (Å²) in [6, 6.07) is 0. The Hall–Kier alpha value is 0.754. The largest absolute Gasteiger partial charge is 0.415 e. The lowest BCUT2D eigenvalue weighted by Gasteiger charge is -2.43. The molecule has 7 heteroatoms. The summed E-state index contributed by atoms with van der Waals surface area (Å²) in [6.45, 7) is 31.5. The molecule has 0 aliphatic carbocycles. The van der Waals surface area contributed by atoms with Gasteiger partial charge in [0.15, 0.2) is 16.6 Å². The quantitative estimate of drug-likeness (QED) is 0.129. The Kier molecular flexibility index (Phi) is 15.9. The molecule has 0 radical (unpaired) electrons. The van der Waals surface area contributed by atoms with Gasteiger partial charge in [-0.2, -0.15) is 0 Å². The van der Waals surface area contributed by atoms with Crippen LogP contribution in [0.1, 0.15) is 102 Å². The molecule has 1 heterocycles. The summed E-state index contributed by atoms with van der Waals surface area (Å²) >= 11 is 4.23. The summed E-state index contributed by atoms with van der Waals surface area (Å²) in [5, 5.41) is 0.174. The third-order valence-electron chi connectivity index (χ3n) is 9.19. The predicted molar refractivity (Wildman–Crippen MR) is 180 cm³/mol. The zero-order valence-electron chi connectivity index (χ0n) is 27.6. The lowest BCUT2D eigenvalue weighted by molar-refractivity contribution is 0.0569. The molecule has 0 aromatic rings. The van der Waals surface area contributed by atoms with Gasteiger partial charge in [-0.1, -0.05) is 75.3 Å². The average molecular weight is 605 g/mol. The minimum atomic E-state index is -1.95. The predicted octanol–water partition coefficient (Wildman–Crippen LogP) is 10.5. The van der Waals surface area contributed by atoms with Crippen molar-refractivity contribution in [2.24, 2.45) is 5.92 Å². The van der Waals surface area contributed by atoms with Gasteiger partial charge in [0.25, 0.3) is 0 Å². The van der Waals surface area contributed by atoms with E-state index >= 15 is 0 Å². The molecule has 1 rings (SSSR count). The number of ether oxygens (including phenoxy) is 1. The number of hydrogen-bond donors (Lipinski definition) is 0. The van der Waals surface area contributed by atoms with Crippen molar-refractivity contribution in [1.82, 2.24) is 0 Å². The molecule has 0 bridgehead atoms. The molecule has 3 nitrogen and oxygen atoms in total. The van der Waals surface area contributed by atoms with Crippen LogP contribution in [0.25, 0.3) is 0 Å². The molecule has 0 N–H and O–H groups in total. The fourth-order valence-corrected chi connectivity index (χ4v) is 15.6. The van der Waals surface area contributed by atoms with Crippen LogP contribution in [0.2, 0.25) is 34.8 Å². The van der Waals surface area contributed by atoms with Crippen LogP contribution in [0.4, 0.5) is 0 Å². The van der Waals surface area contributed by atoms with Crippen LogP contribution < -0.4 is 0 Å². The highest BCUT2D eigenvalue weighted by Crippen LogP contribution is 2.43. The maximum atomic E-state index is 7.14. The van der Waals surface area contributed by atoms with Crippen molar-refractivity contribution in [2.45, 2.75) is 153 Å². The third kappa shape index (κ3) is 10.5. The standard InChI is InChI=1S/C31H64O3S2Si2/c1-15-27(22-33-38(23(2)3,24(4)5)25(6)7)19-26(8)29(34-37(13,14)31(9,10)11)20-28(32-12)21-30-35-17-16-18-36-30/h19,23-25,27-30H,15-18,20-22H2,1-14H3/b26-19-/t27-,28-,29+/m1/s1. The second kappa shape index (κ2) is 16.4. The first-order valence-electron chi connectivity index (χ1n) is 15.3. The van der Waals surface area contributed by atoms with E-state index in [9.17, 15) is 0 Å². The highest BCUT2D eigenvalue weighted by Gasteiger charge is 2.45. The first kappa shape index (κ1) is 36.8. The molecule has 1 aliphatic heterocycles. The highest BCUT2D eigenvalue weighted by atomic mass is 32.2. The summed E-state index contributed by atoms with van der Waals surface area (Å²) < 4.78 is 20.9. The summed E-state index contributed by atoms with van der Waals surface area (Å²) in [4.78, 5) is 0. The number of hydrogen-bond acceptors (Lipinski definition) is 5. The van der Waals surface area contributed by atoms with E-state index in [-0.39, 0.29) is 17.2 Å². The van der Waals surface area contributed by atoms with Crippen molar-refractivity contribution < 1.29 is 13.6 Å². The van der Waals surface area contributed by atoms with E-state index in [0.29, 0.717) is 27.1 Å². The van der Waals surface area contributed by atoms with E-state index in [1.165, 1.54) is 23.5 Å². The van der Waals surface area contributed by atoms with E-state index in [0.717, 1.165) is 25.9 Å². The average Bonchev–Trinajstić information content (AvgIpc) is 2.81. The molecule has 0 unspecified atom stereocenters. The van der Waals surface area contributed by atoms with E-state index in [1.54, 1.807) is 0 Å². The minimum absolute atomic E-state index is 0.0933. The van der Waals surface area contributed by atoms with Crippen molar-refractivity contribution in [1.29, 1.82) is 0 Å². The zero-order chi connectivity index (χ0) is 29.3. The van der Waals surface area contributed by atoms with Crippen LogP contribution in [0.5, 0.6) is 0 Å². The SMILES string of the molecule is CC[C@H](/C=C(/C)[C@H](C[C@H](CC1SCCCS1)OC)O[Si](C)(C)C(C)(C)C)CO[Si](C(C)C)(C(C)C)C(C)C. The Labute approximate surface area is 249 Å². The molecular weight excluding hydrogens is 541 g/mol. The van der Waals surface area contributed by atoms with Gasteiger partial charge in [-0.15, -0.1) is 23.5 Å². The minimum Gasteiger partial charge on any atom is -0.415 e.